The first-order chi connectivity index (χ1) is 8.11. The SMILES string of the molecule is NC(=S)c1ccc(N2CCSCC2)c(F)c1Br. The first kappa shape index (κ1) is 13.1. The van der Waals surface area contributed by atoms with Crippen LogP contribution in [0.15, 0.2) is 16.6 Å². The molecule has 17 heavy (non-hydrogen) atoms. The van der Waals surface area contributed by atoms with Crippen molar-refractivity contribution in [1.82, 2.24) is 0 Å². The molecule has 2 N–H and O–H groups in total. The largest absolute Gasteiger partial charge is 0.389 e. The third-order valence-electron chi connectivity index (χ3n) is 2.68. The highest BCUT2D eigenvalue weighted by molar-refractivity contribution is 9.10. The molecule has 1 fully saturated rings. The third kappa shape index (κ3) is 2.74. The minimum Gasteiger partial charge on any atom is -0.389 e. The number of nitrogens with zero attached hydrogens (tertiary/aromatic N) is 1. The van der Waals surface area contributed by atoms with Gasteiger partial charge in [0.05, 0.1) is 10.2 Å². The van der Waals surface area contributed by atoms with Crippen LogP contribution in [0.2, 0.25) is 0 Å². The summed E-state index contributed by atoms with van der Waals surface area (Å²) in [7, 11) is 0. The average Bonchev–Trinajstić information content (AvgIpc) is 2.33. The van der Waals surface area contributed by atoms with Crippen LogP contribution in [0, 0.1) is 5.82 Å². The first-order valence-electron chi connectivity index (χ1n) is 5.21. The van der Waals surface area contributed by atoms with E-state index in [9.17, 15) is 4.39 Å². The molecule has 2 rings (SSSR count). The van der Waals surface area contributed by atoms with Crippen LogP contribution in [0.5, 0.6) is 0 Å². The van der Waals surface area contributed by atoms with E-state index in [4.69, 9.17) is 18.0 Å². The topological polar surface area (TPSA) is 29.3 Å². The van der Waals surface area contributed by atoms with Crippen molar-refractivity contribution in [2.45, 2.75) is 0 Å². The Hall–Kier alpha value is -0.330. The number of thioether (sulfide) groups is 1. The van der Waals surface area contributed by atoms with E-state index in [1.807, 2.05) is 11.8 Å². The van der Waals surface area contributed by atoms with Gasteiger partial charge in [-0.15, -0.1) is 0 Å². The molecule has 1 aromatic rings. The van der Waals surface area contributed by atoms with Crippen LogP contribution in [0.1, 0.15) is 5.56 Å². The molecule has 0 radical (unpaired) electrons. The molecule has 92 valence electrons. The van der Waals surface area contributed by atoms with Crippen molar-refractivity contribution in [2.75, 3.05) is 29.5 Å². The fraction of sp³-hybridized carbons (Fsp3) is 0.364. The Morgan fingerprint density at radius 2 is 2.06 bits per heavy atom. The van der Waals surface area contributed by atoms with Gasteiger partial charge in [0.2, 0.25) is 0 Å². The van der Waals surface area contributed by atoms with Crippen LogP contribution in [0.4, 0.5) is 10.1 Å². The number of hydrogen-bond acceptors (Lipinski definition) is 3. The second-order valence-corrected chi connectivity index (χ2v) is 6.18. The van der Waals surface area contributed by atoms with Crippen molar-refractivity contribution in [3.8, 4) is 0 Å². The van der Waals surface area contributed by atoms with Gasteiger partial charge in [-0.3, -0.25) is 0 Å². The molecule has 0 amide bonds. The van der Waals surface area contributed by atoms with Crippen LogP contribution in [-0.2, 0) is 0 Å². The normalized spacial score (nSPS) is 16.0. The predicted octanol–water partition coefficient (Wildman–Crippen LogP) is 2.78. The summed E-state index contributed by atoms with van der Waals surface area (Å²) >= 11 is 9.99. The van der Waals surface area contributed by atoms with E-state index in [-0.39, 0.29) is 10.8 Å². The molecule has 0 aliphatic carbocycles. The highest BCUT2D eigenvalue weighted by Crippen LogP contribution is 2.30. The van der Waals surface area contributed by atoms with E-state index in [0.29, 0.717) is 15.7 Å². The Morgan fingerprint density at radius 3 is 2.65 bits per heavy atom. The third-order valence-corrected chi connectivity index (χ3v) is 4.62. The number of rotatable bonds is 2. The van der Waals surface area contributed by atoms with E-state index in [0.717, 1.165) is 24.6 Å². The fourth-order valence-corrected chi connectivity index (χ4v) is 3.53. The van der Waals surface area contributed by atoms with Gasteiger partial charge in [-0.1, -0.05) is 12.2 Å². The van der Waals surface area contributed by atoms with Gasteiger partial charge in [0.1, 0.15) is 4.99 Å². The van der Waals surface area contributed by atoms with Crippen LogP contribution < -0.4 is 10.6 Å². The zero-order chi connectivity index (χ0) is 12.4. The average molecular weight is 335 g/mol. The molecule has 2 nitrogen and oxygen atoms in total. The zero-order valence-corrected chi connectivity index (χ0v) is 12.3. The highest BCUT2D eigenvalue weighted by Gasteiger charge is 2.19. The number of nitrogens with two attached hydrogens (primary N) is 1. The van der Waals surface area contributed by atoms with Crippen molar-refractivity contribution in [1.29, 1.82) is 0 Å². The Bertz CT molecular complexity index is 447. The van der Waals surface area contributed by atoms with Crippen molar-refractivity contribution in [3.63, 3.8) is 0 Å². The summed E-state index contributed by atoms with van der Waals surface area (Å²) in [5.41, 5.74) is 6.70. The van der Waals surface area contributed by atoms with Crippen molar-refractivity contribution >= 4 is 50.6 Å². The lowest BCUT2D eigenvalue weighted by molar-refractivity contribution is 0.613. The minimum atomic E-state index is -0.276. The second-order valence-electron chi connectivity index (χ2n) is 3.72. The van der Waals surface area contributed by atoms with Gasteiger partial charge >= 0.3 is 0 Å². The van der Waals surface area contributed by atoms with Crippen molar-refractivity contribution < 1.29 is 4.39 Å². The number of hydrogen-bond donors (Lipinski definition) is 1. The molecule has 0 spiro atoms. The lowest BCUT2D eigenvalue weighted by Gasteiger charge is -2.29. The fourth-order valence-electron chi connectivity index (χ4n) is 1.78. The zero-order valence-electron chi connectivity index (χ0n) is 9.08. The summed E-state index contributed by atoms with van der Waals surface area (Å²) in [6.07, 6.45) is 0. The van der Waals surface area contributed by atoms with Crippen LogP contribution in [-0.4, -0.2) is 29.6 Å². The summed E-state index contributed by atoms with van der Waals surface area (Å²) in [5.74, 6) is 1.80. The van der Waals surface area contributed by atoms with E-state index in [1.165, 1.54) is 0 Å². The molecular formula is C11H12BrFN2S2. The number of benzene rings is 1. The van der Waals surface area contributed by atoms with Crippen LogP contribution >= 0.6 is 39.9 Å². The summed E-state index contributed by atoms with van der Waals surface area (Å²) in [6.45, 7) is 1.75. The molecule has 0 bridgehead atoms. The maximum absolute atomic E-state index is 14.2. The molecular weight excluding hydrogens is 323 g/mol. The monoisotopic (exact) mass is 334 g/mol. The Kier molecular flexibility index (Phi) is 4.27. The van der Waals surface area contributed by atoms with Crippen molar-refractivity contribution in [3.05, 3.63) is 28.0 Å². The maximum atomic E-state index is 14.2. The number of thiocarbonyl (C=S) groups is 1. The minimum absolute atomic E-state index is 0.205. The second kappa shape index (κ2) is 5.54. The molecule has 0 aromatic heterocycles. The molecule has 1 saturated heterocycles. The summed E-state index contributed by atoms with van der Waals surface area (Å²) in [5, 5.41) is 0. The standard InChI is InChI=1S/C11H12BrFN2S2/c12-9-7(11(14)16)1-2-8(10(9)13)15-3-5-17-6-4-15/h1-2H,3-6H2,(H2,14,16). The molecule has 0 saturated carbocycles. The summed E-state index contributed by atoms with van der Waals surface area (Å²) in [6, 6.07) is 3.52. The smallest absolute Gasteiger partial charge is 0.161 e. The van der Waals surface area contributed by atoms with E-state index in [2.05, 4.69) is 20.8 Å². The number of anilines is 1. The van der Waals surface area contributed by atoms with E-state index < -0.39 is 0 Å². The van der Waals surface area contributed by atoms with Gasteiger partial charge in [0.25, 0.3) is 0 Å². The Balaban J connectivity index is 2.36. The maximum Gasteiger partial charge on any atom is 0.161 e. The van der Waals surface area contributed by atoms with Gasteiger partial charge in [-0.05, 0) is 28.1 Å². The molecule has 1 aliphatic rings. The lowest BCUT2D eigenvalue weighted by atomic mass is 10.2. The molecule has 1 heterocycles. The summed E-state index contributed by atoms with van der Waals surface area (Å²) < 4.78 is 14.6. The lowest BCUT2D eigenvalue weighted by Crippen LogP contribution is -2.33. The molecule has 0 unspecified atom stereocenters. The Labute approximate surface area is 118 Å². The van der Waals surface area contributed by atoms with Gasteiger partial charge in [0.15, 0.2) is 5.82 Å². The van der Waals surface area contributed by atoms with Gasteiger partial charge in [-0.2, -0.15) is 11.8 Å². The van der Waals surface area contributed by atoms with Gasteiger partial charge in [-0.25, -0.2) is 4.39 Å². The summed E-state index contributed by atoms with van der Waals surface area (Å²) in [4.78, 5) is 2.26. The van der Waals surface area contributed by atoms with Crippen LogP contribution in [0.3, 0.4) is 0 Å². The molecule has 0 atom stereocenters. The van der Waals surface area contributed by atoms with E-state index in [1.54, 1.807) is 12.1 Å². The Morgan fingerprint density at radius 1 is 1.41 bits per heavy atom. The molecule has 1 aliphatic heterocycles. The molecule has 1 aromatic carbocycles. The molecule has 6 heteroatoms. The van der Waals surface area contributed by atoms with Crippen molar-refractivity contribution in [2.24, 2.45) is 5.73 Å². The highest BCUT2D eigenvalue weighted by atomic mass is 79.9. The first-order valence-corrected chi connectivity index (χ1v) is 7.57. The van der Waals surface area contributed by atoms with Crippen LogP contribution in [0.25, 0.3) is 0 Å². The quantitative estimate of drug-likeness (QED) is 0.842. The van der Waals surface area contributed by atoms with Gasteiger partial charge in [0, 0.05) is 30.2 Å². The number of halogens is 2. The van der Waals surface area contributed by atoms with E-state index >= 15 is 0 Å². The van der Waals surface area contributed by atoms with Gasteiger partial charge < -0.3 is 10.6 Å². The predicted molar refractivity (Wildman–Crippen MR) is 79.5 cm³/mol.